The Kier molecular flexibility index (Phi) is 15.2. The summed E-state index contributed by atoms with van der Waals surface area (Å²) in [5, 5.41) is 11.9. The van der Waals surface area contributed by atoms with Crippen molar-refractivity contribution in [1.29, 1.82) is 0 Å². The lowest BCUT2D eigenvalue weighted by Gasteiger charge is -2.27. The number of nitrogens with zero attached hydrogens (tertiary/aromatic N) is 4. The van der Waals surface area contributed by atoms with E-state index < -0.39 is 0 Å². The molecule has 0 saturated heterocycles. The molecular formula is C94H62N4O2S2. The second-order valence-electron chi connectivity index (χ2n) is 25.6. The fourth-order valence-electron chi connectivity index (χ4n) is 14.7. The van der Waals surface area contributed by atoms with Gasteiger partial charge in [-0.1, -0.05) is 200 Å². The number of thiophene rings is 2. The molecule has 0 amide bonds. The molecule has 482 valence electrons. The highest BCUT2D eigenvalue weighted by molar-refractivity contribution is 7.26. The zero-order chi connectivity index (χ0) is 67.5. The van der Waals surface area contributed by atoms with E-state index in [0.717, 1.165) is 112 Å². The summed E-state index contributed by atoms with van der Waals surface area (Å²) < 4.78 is 17.5. The first-order valence-electron chi connectivity index (χ1n) is 34.3. The molecule has 0 aliphatic heterocycles. The van der Waals surface area contributed by atoms with Gasteiger partial charge in [0, 0.05) is 130 Å². The lowest BCUT2D eigenvalue weighted by Crippen LogP contribution is -2.10. The fraction of sp³-hybridized carbons (Fsp3) is 0. The summed E-state index contributed by atoms with van der Waals surface area (Å²) in [6.45, 7) is 0. The van der Waals surface area contributed by atoms with Gasteiger partial charge in [0.1, 0.15) is 22.3 Å². The molecule has 0 aliphatic rings. The molecule has 0 fully saturated rings. The molecule has 0 bridgehead atoms. The zero-order valence-electron chi connectivity index (χ0n) is 55.2. The molecule has 0 aliphatic carbocycles. The average molecular weight is 1340 g/mol. The van der Waals surface area contributed by atoms with Crippen LogP contribution in [0, 0.1) is 0 Å². The van der Waals surface area contributed by atoms with Crippen LogP contribution in [-0.2, 0) is 0 Å². The maximum atomic E-state index is 6.22. The van der Waals surface area contributed by atoms with Crippen LogP contribution in [0.2, 0.25) is 0 Å². The molecule has 8 heteroatoms. The molecule has 0 unspecified atom stereocenters. The van der Waals surface area contributed by atoms with Gasteiger partial charge in [-0.15, -0.1) is 22.7 Å². The van der Waals surface area contributed by atoms with Crippen molar-refractivity contribution in [1.82, 2.24) is 0 Å². The molecule has 0 atom stereocenters. The predicted octanol–water partition coefficient (Wildman–Crippen LogP) is 28.6. The van der Waals surface area contributed by atoms with Gasteiger partial charge in [0.05, 0.1) is 5.69 Å². The largest absolute Gasteiger partial charge is 0.456 e. The number of rotatable bonds is 13. The highest BCUT2D eigenvalue weighted by Gasteiger charge is 2.23. The van der Waals surface area contributed by atoms with Crippen molar-refractivity contribution in [2.75, 3.05) is 19.6 Å². The molecule has 6 nitrogen and oxygen atoms in total. The van der Waals surface area contributed by atoms with Crippen LogP contribution >= 0.6 is 22.7 Å². The Morgan fingerprint density at radius 3 is 0.990 bits per heavy atom. The molecule has 0 N–H and O–H groups in total. The van der Waals surface area contributed by atoms with Crippen LogP contribution in [0.3, 0.4) is 0 Å². The van der Waals surface area contributed by atoms with E-state index in [0.29, 0.717) is 0 Å². The molecule has 102 heavy (non-hydrogen) atoms. The molecule has 16 aromatic carbocycles. The SMILES string of the molecule is c1ccc(-c2ccc(N(c3ccc4c(c3)sc3ccc(N(c5ccccc5)c5ccccc5)cc34)c3ccc4oc5ccccc5c4c3)cc2)cc1.c1ccc(N(c2ccccc2)c2ccc3sc4cc(N(c5ccc6oc7ccccc7c6c5)c5cccc6ccccc56)ccc4c3c2)cc1. The van der Waals surface area contributed by atoms with Gasteiger partial charge in [0.15, 0.2) is 0 Å². The Morgan fingerprint density at radius 2 is 0.500 bits per heavy atom. The van der Waals surface area contributed by atoms with E-state index in [4.69, 9.17) is 8.83 Å². The summed E-state index contributed by atoms with van der Waals surface area (Å²) in [5.41, 5.74) is 19.4. The lowest BCUT2D eigenvalue weighted by atomic mass is 10.0. The third-order valence-electron chi connectivity index (χ3n) is 19.4. The second-order valence-corrected chi connectivity index (χ2v) is 27.7. The molecule has 4 aromatic heterocycles. The first kappa shape index (κ1) is 60.2. The molecule has 0 spiro atoms. The van der Waals surface area contributed by atoms with E-state index in [2.05, 4.69) is 371 Å². The first-order chi connectivity index (χ1) is 50.5. The summed E-state index contributed by atoms with van der Waals surface area (Å²) in [4.78, 5) is 9.41. The minimum Gasteiger partial charge on any atom is -0.456 e. The van der Waals surface area contributed by atoms with Gasteiger partial charge in [-0.25, -0.2) is 0 Å². The zero-order valence-corrected chi connectivity index (χ0v) is 56.9. The minimum atomic E-state index is 0.889. The van der Waals surface area contributed by atoms with Crippen LogP contribution in [0.25, 0.3) is 106 Å². The van der Waals surface area contributed by atoms with Gasteiger partial charge >= 0.3 is 0 Å². The molecule has 0 radical (unpaired) electrons. The highest BCUT2D eigenvalue weighted by atomic mass is 32.1. The monoisotopic (exact) mass is 1340 g/mol. The predicted molar refractivity (Wildman–Crippen MR) is 435 cm³/mol. The van der Waals surface area contributed by atoms with Crippen LogP contribution in [0.1, 0.15) is 0 Å². The standard InChI is InChI=1S/C48H32N2OS.C46H30N2OS/c1-4-12-33(13-5-1)34-20-22-37(23-21-34)50(38-25-28-46-43(30-38)41-18-10-11-19-45(41)51-46)40-24-27-42-44-31-39(26-29-47(44)52-48(42)32-40)49(35-14-6-2-7-15-35)36-16-8-3-9-17-36;1-3-14-32(15-4-1)47(33-16-5-2-6-17-33)34-24-27-45-41(29-34)39-25-22-36(30-46(39)50-45)48(42-20-11-13-31-12-7-8-18-37(31)42)35-23-26-44-40(28-35)38-19-9-10-21-43(38)49-44/h1-32H;1-30H. The Morgan fingerprint density at radius 1 is 0.176 bits per heavy atom. The number of para-hydroxylation sites is 6. The van der Waals surface area contributed by atoms with Crippen molar-refractivity contribution >= 4 is 186 Å². The minimum absolute atomic E-state index is 0.889. The Balaban J connectivity index is 0.000000141. The van der Waals surface area contributed by atoms with E-state index in [-0.39, 0.29) is 0 Å². The quantitative estimate of drug-likeness (QED) is 0.115. The highest BCUT2D eigenvalue weighted by Crippen LogP contribution is 2.49. The van der Waals surface area contributed by atoms with Crippen molar-refractivity contribution in [3.05, 3.63) is 376 Å². The second kappa shape index (κ2) is 25.7. The van der Waals surface area contributed by atoms with Crippen LogP contribution in [0.4, 0.5) is 68.2 Å². The molecule has 0 saturated carbocycles. The third-order valence-corrected chi connectivity index (χ3v) is 21.7. The topological polar surface area (TPSA) is 39.2 Å². The van der Waals surface area contributed by atoms with E-state index in [1.54, 1.807) is 0 Å². The van der Waals surface area contributed by atoms with Crippen molar-refractivity contribution in [2.45, 2.75) is 0 Å². The van der Waals surface area contributed by atoms with Gasteiger partial charge in [-0.2, -0.15) is 0 Å². The van der Waals surface area contributed by atoms with Crippen molar-refractivity contribution in [3.63, 3.8) is 0 Å². The van der Waals surface area contributed by atoms with E-state index >= 15 is 0 Å². The maximum absolute atomic E-state index is 6.22. The van der Waals surface area contributed by atoms with Crippen molar-refractivity contribution in [3.8, 4) is 11.1 Å². The Hall–Kier alpha value is -13.0. The number of hydrogen-bond acceptors (Lipinski definition) is 8. The van der Waals surface area contributed by atoms with Crippen molar-refractivity contribution < 1.29 is 8.83 Å². The number of anilines is 12. The van der Waals surface area contributed by atoms with Gasteiger partial charge < -0.3 is 28.4 Å². The van der Waals surface area contributed by atoms with E-state index in [1.807, 2.05) is 46.9 Å². The molecule has 20 rings (SSSR count). The third kappa shape index (κ3) is 11.0. The number of benzene rings is 16. The van der Waals surface area contributed by atoms with Crippen LogP contribution in [0.5, 0.6) is 0 Å². The Bertz CT molecular complexity index is 6390. The smallest absolute Gasteiger partial charge is 0.135 e. The Labute approximate surface area is 597 Å². The first-order valence-corrected chi connectivity index (χ1v) is 36.0. The molecular weight excluding hydrogens is 1280 g/mol. The molecule has 20 aromatic rings. The van der Waals surface area contributed by atoms with Gasteiger partial charge in [0.2, 0.25) is 0 Å². The van der Waals surface area contributed by atoms with E-state index in [1.165, 1.54) is 62.2 Å². The fourth-order valence-corrected chi connectivity index (χ4v) is 16.9. The van der Waals surface area contributed by atoms with Gasteiger partial charge in [-0.05, 0) is 192 Å². The van der Waals surface area contributed by atoms with Crippen LogP contribution in [0.15, 0.2) is 385 Å². The normalized spacial score (nSPS) is 11.5. The molecule has 4 heterocycles. The van der Waals surface area contributed by atoms with Crippen molar-refractivity contribution in [2.24, 2.45) is 0 Å². The lowest BCUT2D eigenvalue weighted by molar-refractivity contribution is 0.668. The summed E-state index contributed by atoms with van der Waals surface area (Å²) >= 11 is 3.69. The number of hydrogen-bond donors (Lipinski definition) is 0. The number of fused-ring (bicyclic) bond motifs is 13. The summed E-state index contributed by atoms with van der Waals surface area (Å²) in [6.07, 6.45) is 0. The van der Waals surface area contributed by atoms with Gasteiger partial charge in [-0.3, -0.25) is 0 Å². The summed E-state index contributed by atoms with van der Waals surface area (Å²) in [6, 6.07) is 134. The summed E-state index contributed by atoms with van der Waals surface area (Å²) in [7, 11) is 0. The van der Waals surface area contributed by atoms with Crippen LogP contribution < -0.4 is 19.6 Å². The maximum Gasteiger partial charge on any atom is 0.135 e. The van der Waals surface area contributed by atoms with Gasteiger partial charge in [0.25, 0.3) is 0 Å². The number of furan rings is 2. The summed E-state index contributed by atoms with van der Waals surface area (Å²) in [5.74, 6) is 0. The van der Waals surface area contributed by atoms with Crippen LogP contribution in [-0.4, -0.2) is 0 Å². The van der Waals surface area contributed by atoms with E-state index in [9.17, 15) is 0 Å². The average Bonchev–Trinajstić information content (AvgIpc) is 1.54.